The molecule has 3 aromatic carbocycles. The number of pyridine rings is 1. The minimum Gasteiger partial charge on any atom is -0.512 e. The van der Waals surface area contributed by atoms with Gasteiger partial charge in [0, 0.05) is 44.2 Å². The summed E-state index contributed by atoms with van der Waals surface area (Å²) in [6.45, 7) is 14.6. The molecule has 4 aromatic rings. The molecule has 0 amide bonds. The molecule has 1 aliphatic carbocycles. The number of allylic oxidation sites excluding steroid dienone is 2. The van der Waals surface area contributed by atoms with E-state index in [1.807, 2.05) is 40.0 Å². The van der Waals surface area contributed by atoms with Crippen LogP contribution in [0.25, 0.3) is 32.8 Å². The van der Waals surface area contributed by atoms with Crippen molar-refractivity contribution in [2.24, 2.45) is 17.8 Å². The summed E-state index contributed by atoms with van der Waals surface area (Å²) in [4.78, 5) is 16.5. The predicted molar refractivity (Wildman–Crippen MR) is 187 cm³/mol. The molecule has 0 bridgehead atoms. The topological polar surface area (TPSA) is 50.2 Å². The van der Waals surface area contributed by atoms with Crippen molar-refractivity contribution in [3.8, 4) is 11.3 Å². The van der Waals surface area contributed by atoms with Gasteiger partial charge < -0.3 is 10.1 Å². The summed E-state index contributed by atoms with van der Waals surface area (Å²) < 4.78 is 14.4. The standard InChI is InChI=1S/C28H27FN.C13H24O2.Ir/c1-17-12-18(2)14-22(13-17)28-27-21(10-11-30-28)15-25(19(3)20-6-4-5-7-20)24-9-8-23(29)16-26(24)27;1-5-10(6-2)12(14)9-13(15)11(7-3)8-4;/h8-13,15-16,19-20H,4-7H2,1-3H3;9-11,14H,5-8H2,1-4H3;/q-1;;/b;12-9-;. The Morgan fingerprint density at radius 1 is 0.957 bits per heavy atom. The van der Waals surface area contributed by atoms with E-state index in [1.165, 1.54) is 42.9 Å². The number of aliphatic hydroxyl groups excluding tert-OH is 1. The molecule has 249 valence electrons. The van der Waals surface area contributed by atoms with E-state index in [2.05, 4.69) is 51.1 Å². The third-order valence-electron chi connectivity index (χ3n) is 9.94. The molecule has 5 heteroatoms. The fourth-order valence-electron chi connectivity index (χ4n) is 7.20. The van der Waals surface area contributed by atoms with Gasteiger partial charge in [0.05, 0.1) is 5.76 Å². The number of hydrogen-bond donors (Lipinski definition) is 1. The molecule has 3 nitrogen and oxygen atoms in total. The molecule has 0 aliphatic heterocycles. The van der Waals surface area contributed by atoms with Gasteiger partial charge in [-0.1, -0.05) is 73.4 Å². The van der Waals surface area contributed by atoms with Gasteiger partial charge in [-0.15, -0.1) is 34.9 Å². The number of nitrogens with zero attached hydrogens (tertiary/aromatic N) is 1. The second-order valence-electron chi connectivity index (χ2n) is 13.0. The Hall–Kier alpha value is -2.88. The van der Waals surface area contributed by atoms with Crippen LogP contribution in [-0.2, 0) is 24.9 Å². The third-order valence-corrected chi connectivity index (χ3v) is 9.94. The number of ketones is 1. The average Bonchev–Trinajstić information content (AvgIpc) is 3.56. The number of hydrogen-bond acceptors (Lipinski definition) is 3. The van der Waals surface area contributed by atoms with E-state index in [9.17, 15) is 14.3 Å². The fraction of sp³-hybridized carbons (Fsp3) is 0.463. The summed E-state index contributed by atoms with van der Waals surface area (Å²) in [5.41, 5.74) is 5.47. The number of aromatic nitrogens is 1. The Labute approximate surface area is 289 Å². The van der Waals surface area contributed by atoms with Crippen LogP contribution in [0.4, 0.5) is 4.39 Å². The second kappa shape index (κ2) is 17.3. The van der Waals surface area contributed by atoms with Crippen LogP contribution in [0.15, 0.2) is 60.5 Å². The number of benzene rings is 3. The SMILES string of the molecule is CCC(CC)C(=O)/C=C(\O)C(CC)CC.Cc1[c-]c(-c2nccc3cc(C(C)C4CCCC4)c4ccc(F)cc4c23)cc(C)c1.[Ir]. The maximum Gasteiger partial charge on any atom is 0.162 e. The van der Waals surface area contributed by atoms with Gasteiger partial charge in [0.25, 0.3) is 0 Å². The van der Waals surface area contributed by atoms with E-state index < -0.39 is 0 Å². The first kappa shape index (κ1) is 37.6. The molecule has 5 rings (SSSR count). The van der Waals surface area contributed by atoms with E-state index in [4.69, 9.17) is 4.98 Å². The summed E-state index contributed by atoms with van der Waals surface area (Å²) in [7, 11) is 0. The molecule has 1 fully saturated rings. The fourth-order valence-corrected chi connectivity index (χ4v) is 7.20. The largest absolute Gasteiger partial charge is 0.512 e. The van der Waals surface area contributed by atoms with E-state index in [-0.39, 0.29) is 49.3 Å². The van der Waals surface area contributed by atoms with Gasteiger partial charge in [0.15, 0.2) is 5.78 Å². The molecule has 1 saturated carbocycles. The van der Waals surface area contributed by atoms with Crippen LogP contribution < -0.4 is 0 Å². The monoisotopic (exact) mass is 801 g/mol. The van der Waals surface area contributed by atoms with Crippen LogP contribution >= 0.6 is 0 Å². The molecule has 1 aromatic heterocycles. The smallest absolute Gasteiger partial charge is 0.162 e. The van der Waals surface area contributed by atoms with Crippen LogP contribution in [0.2, 0.25) is 0 Å². The number of aryl methyl sites for hydroxylation is 2. The third kappa shape index (κ3) is 8.72. The summed E-state index contributed by atoms with van der Waals surface area (Å²) in [5.74, 6) is 1.53. The molecule has 1 aliphatic rings. The first-order chi connectivity index (χ1) is 21.6. The van der Waals surface area contributed by atoms with Crippen LogP contribution in [0.3, 0.4) is 0 Å². The summed E-state index contributed by atoms with van der Waals surface area (Å²) in [6.07, 6.45) is 12.0. The van der Waals surface area contributed by atoms with E-state index >= 15 is 0 Å². The van der Waals surface area contributed by atoms with E-state index in [0.717, 1.165) is 64.0 Å². The summed E-state index contributed by atoms with van der Waals surface area (Å²) in [5, 5.41) is 14.0. The maximum absolute atomic E-state index is 14.4. The molecule has 1 N–H and O–H groups in total. The molecule has 1 unspecified atom stereocenters. The second-order valence-corrected chi connectivity index (χ2v) is 13.0. The zero-order chi connectivity index (χ0) is 32.7. The van der Waals surface area contributed by atoms with Crippen molar-refractivity contribution >= 4 is 27.3 Å². The molecule has 1 radical (unpaired) electrons. The van der Waals surface area contributed by atoms with E-state index in [1.54, 1.807) is 12.1 Å². The van der Waals surface area contributed by atoms with Crippen LogP contribution in [-0.4, -0.2) is 15.9 Å². The van der Waals surface area contributed by atoms with E-state index in [0.29, 0.717) is 11.8 Å². The number of fused-ring (bicyclic) bond motifs is 3. The molecule has 1 atom stereocenters. The molecule has 0 saturated heterocycles. The number of aliphatic hydroxyl groups is 1. The average molecular weight is 801 g/mol. The number of carbonyl (C=O) groups is 1. The van der Waals surface area contributed by atoms with Crippen LogP contribution in [0.1, 0.15) is 109 Å². The number of halogens is 1. The van der Waals surface area contributed by atoms with Gasteiger partial charge in [-0.05, 0) is 101 Å². The Balaban J connectivity index is 0.000000309. The van der Waals surface area contributed by atoms with Gasteiger partial charge in [0.1, 0.15) is 5.82 Å². The van der Waals surface area contributed by atoms with Crippen molar-refractivity contribution in [1.82, 2.24) is 4.98 Å². The van der Waals surface area contributed by atoms with Crippen molar-refractivity contribution in [3.63, 3.8) is 0 Å². The Bertz CT molecular complexity index is 1630. The van der Waals surface area contributed by atoms with Crippen molar-refractivity contribution in [1.29, 1.82) is 0 Å². The molecule has 46 heavy (non-hydrogen) atoms. The van der Waals surface area contributed by atoms with Gasteiger partial charge in [-0.3, -0.25) is 4.79 Å². The summed E-state index contributed by atoms with van der Waals surface area (Å²) in [6, 6.07) is 17.3. The normalized spacial score (nSPS) is 14.4. The van der Waals surface area contributed by atoms with Gasteiger partial charge in [0.2, 0.25) is 0 Å². The zero-order valence-corrected chi connectivity index (χ0v) is 31.1. The molecule has 1 heterocycles. The molecular formula is C41H51FIrNO2-. The zero-order valence-electron chi connectivity index (χ0n) is 28.7. The molecule has 0 spiro atoms. The van der Waals surface area contributed by atoms with Crippen molar-refractivity contribution in [2.45, 2.75) is 106 Å². The summed E-state index contributed by atoms with van der Waals surface area (Å²) >= 11 is 0. The van der Waals surface area contributed by atoms with Crippen LogP contribution in [0.5, 0.6) is 0 Å². The maximum atomic E-state index is 14.4. The number of rotatable bonds is 10. The predicted octanol–water partition coefficient (Wildman–Crippen LogP) is 11.8. The quantitative estimate of drug-likeness (QED) is 0.0752. The Kier molecular flexibility index (Phi) is 14.1. The van der Waals surface area contributed by atoms with Gasteiger partial charge in [-0.25, -0.2) is 4.39 Å². The van der Waals surface area contributed by atoms with Gasteiger partial charge >= 0.3 is 0 Å². The minimum absolute atomic E-state index is 0. The Morgan fingerprint density at radius 3 is 2.22 bits per heavy atom. The van der Waals surface area contributed by atoms with Crippen molar-refractivity contribution < 1.29 is 34.4 Å². The first-order valence-corrected chi connectivity index (χ1v) is 17.1. The number of carbonyl (C=O) groups excluding carboxylic acids is 1. The van der Waals surface area contributed by atoms with Gasteiger partial charge in [-0.2, -0.15) is 0 Å². The molecular weight excluding hydrogens is 750 g/mol. The Morgan fingerprint density at radius 2 is 1.61 bits per heavy atom. The van der Waals surface area contributed by atoms with Crippen LogP contribution in [0, 0.1) is 43.5 Å². The first-order valence-electron chi connectivity index (χ1n) is 17.1. The van der Waals surface area contributed by atoms with Crippen molar-refractivity contribution in [2.75, 3.05) is 0 Å². The minimum atomic E-state index is -0.200. The van der Waals surface area contributed by atoms with Crippen molar-refractivity contribution in [3.05, 3.63) is 89.1 Å².